The largest absolute Gasteiger partial charge is 0.303 e. The van der Waals surface area contributed by atoms with Crippen molar-refractivity contribution in [2.24, 2.45) is 0 Å². The summed E-state index contributed by atoms with van der Waals surface area (Å²) in [4.78, 5) is 6.12. The summed E-state index contributed by atoms with van der Waals surface area (Å²) in [5.41, 5.74) is 1.35. The molecule has 7 heteroatoms. The second-order valence-corrected chi connectivity index (χ2v) is 8.13. The number of aromatic nitrogens is 1. The molecule has 130 valence electrons. The molecule has 1 saturated heterocycles. The quantitative estimate of drug-likeness (QED) is 0.830. The van der Waals surface area contributed by atoms with E-state index in [9.17, 15) is 8.42 Å². The van der Waals surface area contributed by atoms with Crippen molar-refractivity contribution in [2.75, 3.05) is 26.7 Å². The summed E-state index contributed by atoms with van der Waals surface area (Å²) in [6, 6.07) is 13.1. The summed E-state index contributed by atoms with van der Waals surface area (Å²) in [5, 5.41) is 9.01. The number of hydrogen-bond donors (Lipinski definition) is 0. The van der Waals surface area contributed by atoms with Crippen LogP contribution < -0.4 is 0 Å². The van der Waals surface area contributed by atoms with E-state index in [2.05, 4.69) is 9.88 Å². The van der Waals surface area contributed by atoms with Gasteiger partial charge in [-0.1, -0.05) is 30.3 Å². The van der Waals surface area contributed by atoms with E-state index in [1.165, 1.54) is 18.5 Å². The monoisotopic (exact) mass is 356 g/mol. The first kappa shape index (κ1) is 17.5. The second-order valence-electron chi connectivity index (χ2n) is 6.24. The van der Waals surface area contributed by atoms with Gasteiger partial charge in [-0.25, -0.2) is 8.42 Å². The van der Waals surface area contributed by atoms with Crippen LogP contribution in [-0.4, -0.2) is 55.3 Å². The van der Waals surface area contributed by atoms with Gasteiger partial charge in [-0.15, -0.1) is 0 Å². The molecule has 0 radical (unpaired) electrons. The molecule has 1 aromatic heterocycles. The highest BCUT2D eigenvalue weighted by atomic mass is 32.2. The smallest absolute Gasteiger partial charge is 0.245 e. The Balaban J connectivity index is 1.92. The Hall–Kier alpha value is -2.27. The average Bonchev–Trinajstić information content (AvgIpc) is 2.62. The molecule has 1 unspecified atom stereocenters. The Kier molecular flexibility index (Phi) is 5.13. The number of benzene rings is 1. The lowest BCUT2D eigenvalue weighted by atomic mass is 10.0. The minimum absolute atomic E-state index is 0.0779. The molecule has 3 rings (SSSR count). The highest BCUT2D eigenvalue weighted by Gasteiger charge is 2.35. The highest BCUT2D eigenvalue weighted by Crippen LogP contribution is 2.23. The molecule has 0 N–H and O–H groups in total. The van der Waals surface area contributed by atoms with Crippen molar-refractivity contribution in [1.82, 2.24) is 14.2 Å². The Bertz CT molecular complexity index is 877. The van der Waals surface area contributed by atoms with Gasteiger partial charge in [0.05, 0.1) is 5.56 Å². The number of likely N-dealkylation sites (N-methyl/N-ethyl adjacent to an activating group) is 1. The van der Waals surface area contributed by atoms with Crippen molar-refractivity contribution < 1.29 is 8.42 Å². The van der Waals surface area contributed by atoms with E-state index in [4.69, 9.17) is 5.26 Å². The first-order valence-corrected chi connectivity index (χ1v) is 9.54. The van der Waals surface area contributed by atoms with Crippen LogP contribution in [0.15, 0.2) is 53.7 Å². The summed E-state index contributed by atoms with van der Waals surface area (Å²) in [6.07, 6.45) is 3.33. The molecule has 1 atom stereocenters. The van der Waals surface area contributed by atoms with Crippen LogP contribution in [0.4, 0.5) is 0 Å². The van der Waals surface area contributed by atoms with Crippen molar-refractivity contribution in [1.29, 1.82) is 5.26 Å². The molecular weight excluding hydrogens is 336 g/mol. The van der Waals surface area contributed by atoms with E-state index in [-0.39, 0.29) is 16.5 Å². The molecule has 0 saturated carbocycles. The molecule has 1 aliphatic heterocycles. The Morgan fingerprint density at radius 2 is 2.00 bits per heavy atom. The average molecular weight is 356 g/mol. The van der Waals surface area contributed by atoms with Crippen LogP contribution in [-0.2, 0) is 16.4 Å². The number of pyridine rings is 1. The molecule has 1 aliphatic rings. The third kappa shape index (κ3) is 3.87. The van der Waals surface area contributed by atoms with Gasteiger partial charge in [0.15, 0.2) is 0 Å². The maximum absolute atomic E-state index is 13.1. The Labute approximate surface area is 148 Å². The van der Waals surface area contributed by atoms with E-state index in [0.29, 0.717) is 26.1 Å². The first-order valence-electron chi connectivity index (χ1n) is 8.10. The summed E-state index contributed by atoms with van der Waals surface area (Å²) in [7, 11) is -1.69. The van der Waals surface area contributed by atoms with Crippen molar-refractivity contribution in [3.05, 3.63) is 59.9 Å². The lowest BCUT2D eigenvalue weighted by molar-refractivity contribution is 0.159. The van der Waals surface area contributed by atoms with Gasteiger partial charge in [-0.3, -0.25) is 4.98 Å². The highest BCUT2D eigenvalue weighted by molar-refractivity contribution is 7.89. The fraction of sp³-hybridized carbons (Fsp3) is 0.333. The number of piperazine rings is 1. The van der Waals surface area contributed by atoms with Gasteiger partial charge in [0.2, 0.25) is 10.0 Å². The molecule has 0 aliphatic carbocycles. The fourth-order valence-corrected chi connectivity index (χ4v) is 4.72. The minimum Gasteiger partial charge on any atom is -0.303 e. The maximum Gasteiger partial charge on any atom is 0.245 e. The van der Waals surface area contributed by atoms with Crippen LogP contribution in [0.3, 0.4) is 0 Å². The number of rotatable bonds is 4. The van der Waals surface area contributed by atoms with Crippen molar-refractivity contribution >= 4 is 10.0 Å². The molecule has 1 aromatic carbocycles. The summed E-state index contributed by atoms with van der Waals surface area (Å²) < 4.78 is 27.8. The van der Waals surface area contributed by atoms with Gasteiger partial charge in [-0.2, -0.15) is 9.57 Å². The summed E-state index contributed by atoms with van der Waals surface area (Å²) in [6.45, 7) is 1.77. The van der Waals surface area contributed by atoms with E-state index in [1.54, 1.807) is 4.31 Å². The molecule has 0 bridgehead atoms. The SMILES string of the molecule is CN1CCN(S(=O)(=O)c2cncc(C#N)c2)C(Cc2ccccc2)C1. The predicted molar refractivity (Wildman–Crippen MR) is 94.3 cm³/mol. The summed E-state index contributed by atoms with van der Waals surface area (Å²) >= 11 is 0. The number of hydrogen-bond acceptors (Lipinski definition) is 5. The van der Waals surface area contributed by atoms with Crippen LogP contribution >= 0.6 is 0 Å². The van der Waals surface area contributed by atoms with E-state index in [0.717, 1.165) is 5.56 Å². The van der Waals surface area contributed by atoms with Gasteiger partial charge in [0.1, 0.15) is 11.0 Å². The van der Waals surface area contributed by atoms with Crippen molar-refractivity contribution in [2.45, 2.75) is 17.4 Å². The van der Waals surface area contributed by atoms with Crippen molar-refractivity contribution in [3.63, 3.8) is 0 Å². The molecule has 2 heterocycles. The van der Waals surface area contributed by atoms with Crippen LogP contribution in [0.5, 0.6) is 0 Å². The molecule has 2 aromatic rings. The standard InChI is InChI=1S/C18H20N4O2S/c1-21-7-8-22(17(14-21)9-15-5-3-2-4-6-15)25(23,24)18-10-16(11-19)12-20-13-18/h2-6,10,12-13,17H,7-9,14H2,1H3. The number of nitriles is 1. The zero-order valence-electron chi connectivity index (χ0n) is 14.0. The zero-order chi connectivity index (χ0) is 17.9. The van der Waals surface area contributed by atoms with Gasteiger partial charge < -0.3 is 4.90 Å². The maximum atomic E-state index is 13.1. The van der Waals surface area contributed by atoms with E-state index >= 15 is 0 Å². The number of sulfonamides is 1. The van der Waals surface area contributed by atoms with Crippen LogP contribution in [0, 0.1) is 11.3 Å². The minimum atomic E-state index is -3.69. The molecular formula is C18H20N4O2S. The number of nitrogens with zero attached hydrogens (tertiary/aromatic N) is 4. The topological polar surface area (TPSA) is 77.3 Å². The third-order valence-electron chi connectivity index (χ3n) is 4.39. The normalized spacial score (nSPS) is 19.4. The Morgan fingerprint density at radius 1 is 1.24 bits per heavy atom. The Morgan fingerprint density at radius 3 is 2.72 bits per heavy atom. The molecule has 6 nitrogen and oxygen atoms in total. The first-order chi connectivity index (χ1) is 12.0. The molecule has 25 heavy (non-hydrogen) atoms. The molecule has 1 fully saturated rings. The van der Waals surface area contributed by atoms with Crippen LogP contribution in [0.2, 0.25) is 0 Å². The zero-order valence-corrected chi connectivity index (χ0v) is 14.9. The van der Waals surface area contributed by atoms with E-state index in [1.807, 2.05) is 43.4 Å². The van der Waals surface area contributed by atoms with Crippen LogP contribution in [0.1, 0.15) is 11.1 Å². The lowest BCUT2D eigenvalue weighted by Gasteiger charge is -2.39. The van der Waals surface area contributed by atoms with Gasteiger partial charge >= 0.3 is 0 Å². The predicted octanol–water partition coefficient (Wildman–Crippen LogP) is 1.50. The van der Waals surface area contributed by atoms with Crippen molar-refractivity contribution in [3.8, 4) is 6.07 Å². The third-order valence-corrected chi connectivity index (χ3v) is 6.31. The lowest BCUT2D eigenvalue weighted by Crippen LogP contribution is -2.54. The summed E-state index contributed by atoms with van der Waals surface area (Å²) in [5.74, 6) is 0. The van der Waals surface area contributed by atoms with E-state index < -0.39 is 10.0 Å². The molecule has 0 spiro atoms. The molecule has 0 amide bonds. The fourth-order valence-electron chi connectivity index (χ4n) is 3.12. The van der Waals surface area contributed by atoms with Crippen LogP contribution in [0.25, 0.3) is 0 Å². The van der Waals surface area contributed by atoms with Gasteiger partial charge in [-0.05, 0) is 25.1 Å². The second kappa shape index (κ2) is 7.31. The van der Waals surface area contributed by atoms with Gasteiger partial charge in [0.25, 0.3) is 0 Å². The van der Waals surface area contributed by atoms with Gasteiger partial charge in [0, 0.05) is 38.1 Å².